The van der Waals surface area contributed by atoms with E-state index in [4.69, 9.17) is 55.9 Å². The number of esters is 2. The molecule has 0 saturated heterocycles. The molecule has 0 fully saturated rings. The van der Waals surface area contributed by atoms with E-state index in [1.54, 1.807) is 38.1 Å². The normalized spacial score (nSPS) is 11.2. The van der Waals surface area contributed by atoms with Crippen LogP contribution in [0.5, 0.6) is 0 Å². The second-order valence-corrected chi connectivity index (χ2v) is 10.3. The van der Waals surface area contributed by atoms with Gasteiger partial charge in [0.05, 0.1) is 59.6 Å². The lowest BCUT2D eigenvalue weighted by Crippen LogP contribution is -2.47. The van der Waals surface area contributed by atoms with Crippen molar-refractivity contribution < 1.29 is 19.1 Å². The lowest BCUT2D eigenvalue weighted by molar-refractivity contribution is -0.137. The van der Waals surface area contributed by atoms with Gasteiger partial charge >= 0.3 is 11.9 Å². The second kappa shape index (κ2) is 19.4. The maximum absolute atomic E-state index is 13.0. The summed E-state index contributed by atoms with van der Waals surface area (Å²) in [5.41, 5.74) is 6.14. The van der Waals surface area contributed by atoms with Crippen LogP contribution in [0.4, 0.5) is 11.4 Å². The van der Waals surface area contributed by atoms with Gasteiger partial charge in [0.25, 0.3) is 0 Å². The van der Waals surface area contributed by atoms with Crippen molar-refractivity contribution in [1.82, 2.24) is 9.80 Å². The first-order valence-corrected chi connectivity index (χ1v) is 14.8. The Hall–Kier alpha value is -3.94. The molecule has 0 saturated carbocycles. The van der Waals surface area contributed by atoms with Crippen LogP contribution in [0.1, 0.15) is 26.7 Å². The number of anilines is 2. The van der Waals surface area contributed by atoms with Gasteiger partial charge in [-0.3, -0.25) is 10.9 Å². The summed E-state index contributed by atoms with van der Waals surface area (Å²) >= 11 is 24.6. The van der Waals surface area contributed by atoms with Gasteiger partial charge in [0.15, 0.2) is 0 Å². The third-order valence-electron chi connectivity index (χ3n) is 5.56. The van der Waals surface area contributed by atoms with Crippen LogP contribution in [0.25, 0.3) is 0 Å². The number of hydrogen-bond donors (Lipinski definition) is 2. The van der Waals surface area contributed by atoms with Crippen molar-refractivity contribution in [2.45, 2.75) is 26.7 Å². The summed E-state index contributed by atoms with van der Waals surface area (Å²) in [6.45, 7) is 3.66. The number of halogens is 4. The molecule has 0 radical (unpaired) electrons. The smallest absolute Gasteiger partial charge is 0.375 e. The molecule has 0 aliphatic heterocycles. The van der Waals surface area contributed by atoms with Crippen LogP contribution in [0.15, 0.2) is 46.6 Å². The van der Waals surface area contributed by atoms with Crippen LogP contribution in [0.3, 0.4) is 0 Å². The minimum atomic E-state index is -0.767. The molecule has 0 amide bonds. The zero-order valence-corrected chi connectivity index (χ0v) is 27.0. The number of amidine groups is 2. The highest BCUT2D eigenvalue weighted by Crippen LogP contribution is 2.26. The Kier molecular flexibility index (Phi) is 16.0. The van der Waals surface area contributed by atoms with Gasteiger partial charge in [-0.25, -0.2) is 9.59 Å². The first-order valence-electron chi connectivity index (χ1n) is 13.3. The van der Waals surface area contributed by atoms with Gasteiger partial charge in [-0.15, -0.1) is 10.2 Å². The molecule has 234 valence electrons. The maximum atomic E-state index is 13.0. The fourth-order valence-electron chi connectivity index (χ4n) is 3.53. The van der Waals surface area contributed by atoms with E-state index in [0.29, 0.717) is 31.5 Å². The number of carbonyl (C=O) groups is 2. The van der Waals surface area contributed by atoms with Gasteiger partial charge in [0.1, 0.15) is 0 Å². The molecule has 44 heavy (non-hydrogen) atoms. The van der Waals surface area contributed by atoms with E-state index >= 15 is 0 Å². The predicted octanol–water partition coefficient (Wildman–Crippen LogP) is 6.01. The van der Waals surface area contributed by atoms with Crippen molar-refractivity contribution in [2.24, 2.45) is 10.2 Å². The van der Waals surface area contributed by atoms with Crippen LogP contribution in [-0.4, -0.2) is 72.8 Å². The monoisotopic (exact) mass is 682 g/mol. The maximum Gasteiger partial charge on any atom is 0.375 e. The van der Waals surface area contributed by atoms with E-state index in [2.05, 4.69) is 21.1 Å². The number of benzene rings is 2. The van der Waals surface area contributed by atoms with E-state index < -0.39 is 11.9 Å². The Bertz CT molecular complexity index is 1330. The summed E-state index contributed by atoms with van der Waals surface area (Å²) in [5.74, 6) is -1.85. The first-order chi connectivity index (χ1) is 21.1. The number of ether oxygens (including phenoxy) is 2. The number of carbonyl (C=O) groups excluding carboxylic acids is 2. The fourth-order valence-corrected chi connectivity index (χ4v) is 4.20. The molecule has 16 heteroatoms. The third-order valence-corrected chi connectivity index (χ3v) is 6.69. The molecule has 0 atom stereocenters. The number of hydrazone groups is 2. The molecule has 0 unspecified atom stereocenters. The summed E-state index contributed by atoms with van der Waals surface area (Å²) in [6.07, 6.45) is 0.0599. The quantitative estimate of drug-likeness (QED) is 0.111. The molecule has 0 aliphatic rings. The largest absolute Gasteiger partial charge is 0.460 e. The fraction of sp³-hybridized carbons (Fsp3) is 0.357. The minimum Gasteiger partial charge on any atom is -0.460 e. The van der Waals surface area contributed by atoms with Crippen molar-refractivity contribution in [3.05, 3.63) is 56.5 Å². The van der Waals surface area contributed by atoms with Crippen LogP contribution < -0.4 is 10.9 Å². The van der Waals surface area contributed by atoms with Gasteiger partial charge in [-0.2, -0.15) is 10.5 Å². The molecule has 2 rings (SSSR count). The summed E-state index contributed by atoms with van der Waals surface area (Å²) in [4.78, 5) is 29.1. The summed E-state index contributed by atoms with van der Waals surface area (Å²) < 4.78 is 10.4. The van der Waals surface area contributed by atoms with Crippen LogP contribution in [0, 0.1) is 22.7 Å². The highest BCUT2D eigenvalue weighted by Gasteiger charge is 2.26. The van der Waals surface area contributed by atoms with E-state index in [0.717, 1.165) is 0 Å². The molecule has 12 nitrogen and oxygen atoms in total. The van der Waals surface area contributed by atoms with Gasteiger partial charge in [0, 0.05) is 36.2 Å². The molecule has 2 aromatic rings. The summed E-state index contributed by atoms with van der Waals surface area (Å²) in [5, 5.41) is 28.5. The van der Waals surface area contributed by atoms with Crippen molar-refractivity contribution in [3.8, 4) is 12.1 Å². The first kappa shape index (κ1) is 36.3. The number of nitrogens with zero attached hydrogens (tertiary/aromatic N) is 6. The van der Waals surface area contributed by atoms with E-state index in [9.17, 15) is 20.1 Å². The minimum absolute atomic E-state index is 0.0299. The highest BCUT2D eigenvalue weighted by atomic mass is 35.5. The van der Waals surface area contributed by atoms with Crippen molar-refractivity contribution in [1.29, 1.82) is 10.5 Å². The zero-order valence-electron chi connectivity index (χ0n) is 23.9. The van der Waals surface area contributed by atoms with Gasteiger partial charge < -0.3 is 19.3 Å². The Morgan fingerprint density at radius 1 is 0.727 bits per heavy atom. The molecule has 0 aromatic heterocycles. The van der Waals surface area contributed by atoms with Gasteiger partial charge in [0.2, 0.25) is 11.7 Å². The Morgan fingerprint density at radius 3 is 1.45 bits per heavy atom. The predicted molar refractivity (Wildman–Crippen MR) is 172 cm³/mol. The van der Waals surface area contributed by atoms with Crippen LogP contribution >= 0.6 is 46.4 Å². The van der Waals surface area contributed by atoms with E-state index in [-0.39, 0.29) is 63.9 Å². The van der Waals surface area contributed by atoms with E-state index in [1.165, 1.54) is 21.9 Å². The topological polar surface area (TPSA) is 155 Å². The van der Waals surface area contributed by atoms with E-state index in [1.807, 2.05) is 12.1 Å². The second-order valence-electron chi connectivity index (χ2n) is 8.57. The van der Waals surface area contributed by atoms with Crippen molar-refractivity contribution in [3.63, 3.8) is 0 Å². The molecule has 2 aromatic carbocycles. The summed E-state index contributed by atoms with van der Waals surface area (Å²) in [7, 11) is 0. The zero-order chi connectivity index (χ0) is 32.5. The SMILES string of the molecule is CCOC(=O)/C(=N\Nc1cc(Cl)ccc1Cl)N(CCC#N)CCN(CCC#N)/C(=N/Nc1cc(Cl)ccc1Cl)C(=O)OCC. The molecular weight excluding hydrogens is 654 g/mol. The van der Waals surface area contributed by atoms with Crippen molar-refractivity contribution >= 4 is 81.4 Å². The lowest BCUT2D eigenvalue weighted by Gasteiger charge is -2.29. The number of hydrogen-bond acceptors (Lipinski definition) is 10. The highest BCUT2D eigenvalue weighted by molar-refractivity contribution is 6.37. The molecule has 2 N–H and O–H groups in total. The Labute approximate surface area is 275 Å². The summed E-state index contributed by atoms with van der Waals surface area (Å²) in [6, 6.07) is 13.5. The standard InChI is InChI=1S/C28H30Cl4N8O4/c1-3-43-27(41)25(37-35-23-17-19(29)7-9-21(23)31)39(13-5-11-33)15-16-40(14-6-12-34)26(28(42)44-4-2)38-36-24-18-20(30)8-10-22(24)32/h7-10,17-18,35-36H,3-6,13-16H2,1-2H3/b37-25+,38-26+. The van der Waals surface area contributed by atoms with Gasteiger partial charge in [-0.05, 0) is 50.2 Å². The molecule has 0 spiro atoms. The Balaban J connectivity index is 2.47. The molecular formula is C28H30Cl4N8O4. The third kappa shape index (κ3) is 11.6. The van der Waals surface area contributed by atoms with Crippen molar-refractivity contribution in [2.75, 3.05) is 50.2 Å². The lowest BCUT2D eigenvalue weighted by atomic mass is 10.3. The van der Waals surface area contributed by atoms with Crippen LogP contribution in [0.2, 0.25) is 20.1 Å². The number of nitriles is 2. The average Bonchev–Trinajstić information content (AvgIpc) is 2.99. The average molecular weight is 684 g/mol. The van der Waals surface area contributed by atoms with Crippen LogP contribution in [-0.2, 0) is 19.1 Å². The number of nitrogens with one attached hydrogen (secondary N) is 2. The van der Waals surface area contributed by atoms with Gasteiger partial charge in [-0.1, -0.05) is 46.4 Å². The Morgan fingerprint density at radius 2 is 1.11 bits per heavy atom. The molecule has 0 aliphatic carbocycles. The molecule has 0 heterocycles. The molecule has 0 bridgehead atoms. The number of rotatable bonds is 13.